The van der Waals surface area contributed by atoms with E-state index >= 15 is 0 Å². The molecule has 0 aliphatic carbocycles. The second-order valence-corrected chi connectivity index (χ2v) is 7.97. The van der Waals surface area contributed by atoms with Crippen molar-refractivity contribution >= 4 is 0 Å². The van der Waals surface area contributed by atoms with Gasteiger partial charge in [-0.3, -0.25) is 4.90 Å². The number of tetrazole rings is 1. The molecule has 8 heteroatoms. The molecule has 0 amide bonds. The molecule has 158 valence electrons. The lowest BCUT2D eigenvalue weighted by Crippen LogP contribution is -2.38. The van der Waals surface area contributed by atoms with Crippen molar-refractivity contribution in [3.63, 3.8) is 0 Å². The van der Waals surface area contributed by atoms with Gasteiger partial charge in [-0.05, 0) is 63.0 Å². The van der Waals surface area contributed by atoms with Crippen molar-refractivity contribution < 1.29 is 9.47 Å². The Hall–Kier alpha value is -2.03. The zero-order valence-electron chi connectivity index (χ0n) is 17.1. The van der Waals surface area contributed by atoms with Gasteiger partial charge in [0.25, 0.3) is 0 Å². The molecule has 2 aliphatic heterocycles. The Morgan fingerprint density at radius 1 is 1.10 bits per heavy atom. The molecule has 0 radical (unpaired) electrons. The highest BCUT2D eigenvalue weighted by atomic mass is 16.5. The predicted molar refractivity (Wildman–Crippen MR) is 110 cm³/mol. The van der Waals surface area contributed by atoms with Gasteiger partial charge in [0.05, 0.1) is 13.2 Å². The number of ether oxygens (including phenoxy) is 2. The average Bonchev–Trinajstić information content (AvgIpc) is 3.30. The van der Waals surface area contributed by atoms with Crippen LogP contribution in [0.25, 0.3) is 0 Å². The number of nitrogens with one attached hydrogen (secondary N) is 1. The Labute approximate surface area is 172 Å². The molecule has 2 saturated heterocycles. The minimum atomic E-state index is -0.123. The highest BCUT2D eigenvalue weighted by molar-refractivity contribution is 5.28. The number of H-pyrrole nitrogens is 1. The number of hydrogen-bond donors (Lipinski definition) is 1. The van der Waals surface area contributed by atoms with Gasteiger partial charge in [-0.15, -0.1) is 10.2 Å². The molecule has 1 unspecified atom stereocenters. The average molecular weight is 401 g/mol. The van der Waals surface area contributed by atoms with E-state index in [-0.39, 0.29) is 6.10 Å². The van der Waals surface area contributed by atoms with E-state index in [4.69, 9.17) is 9.47 Å². The SMILES string of the molecule is c1cc(CN2CCOC(c3nn[nH]n3)C2)cc(OCCCCN2CCCCC2)c1. The number of piperidine rings is 1. The quantitative estimate of drug-likeness (QED) is 0.648. The molecular formula is C21H32N6O2. The predicted octanol–water partition coefficient (Wildman–Crippen LogP) is 2.42. The number of morpholine rings is 1. The van der Waals surface area contributed by atoms with Gasteiger partial charge < -0.3 is 14.4 Å². The third-order valence-electron chi connectivity index (χ3n) is 5.69. The molecular weight excluding hydrogens is 368 g/mol. The number of aromatic nitrogens is 4. The molecule has 4 rings (SSSR count). The molecule has 1 aromatic carbocycles. The normalized spacial score (nSPS) is 21.3. The summed E-state index contributed by atoms with van der Waals surface area (Å²) in [6.45, 7) is 7.75. The first-order chi connectivity index (χ1) is 14.4. The molecule has 0 saturated carbocycles. The van der Waals surface area contributed by atoms with Crippen molar-refractivity contribution in [3.8, 4) is 5.75 Å². The number of nitrogens with zero attached hydrogens (tertiary/aromatic N) is 5. The van der Waals surface area contributed by atoms with Gasteiger partial charge in [0.1, 0.15) is 11.9 Å². The van der Waals surface area contributed by atoms with E-state index in [1.54, 1.807) is 0 Å². The van der Waals surface area contributed by atoms with Crippen LogP contribution in [0.15, 0.2) is 24.3 Å². The minimum Gasteiger partial charge on any atom is -0.494 e. The lowest BCUT2D eigenvalue weighted by Gasteiger charge is -2.31. The van der Waals surface area contributed by atoms with Gasteiger partial charge in [-0.1, -0.05) is 23.8 Å². The zero-order valence-corrected chi connectivity index (χ0v) is 17.1. The fraction of sp³-hybridized carbons (Fsp3) is 0.667. The van der Waals surface area contributed by atoms with Gasteiger partial charge in [-0.2, -0.15) is 5.21 Å². The summed E-state index contributed by atoms with van der Waals surface area (Å²) in [7, 11) is 0. The minimum absolute atomic E-state index is 0.123. The molecule has 29 heavy (non-hydrogen) atoms. The first-order valence-corrected chi connectivity index (χ1v) is 10.9. The first-order valence-electron chi connectivity index (χ1n) is 10.9. The van der Waals surface area contributed by atoms with E-state index in [0.29, 0.717) is 12.4 Å². The molecule has 2 aliphatic rings. The molecule has 1 aromatic heterocycles. The smallest absolute Gasteiger partial charge is 0.204 e. The summed E-state index contributed by atoms with van der Waals surface area (Å²) in [5.74, 6) is 1.58. The van der Waals surface area contributed by atoms with Gasteiger partial charge in [-0.25, -0.2) is 0 Å². The van der Waals surface area contributed by atoms with Crippen LogP contribution in [-0.4, -0.2) is 76.4 Å². The van der Waals surface area contributed by atoms with E-state index in [1.165, 1.54) is 50.9 Å². The van der Waals surface area contributed by atoms with Crippen molar-refractivity contribution in [2.45, 2.75) is 44.8 Å². The van der Waals surface area contributed by atoms with Gasteiger partial charge in [0, 0.05) is 19.6 Å². The van der Waals surface area contributed by atoms with E-state index < -0.39 is 0 Å². The first kappa shape index (κ1) is 20.3. The van der Waals surface area contributed by atoms with E-state index in [1.807, 2.05) is 0 Å². The molecule has 2 aromatic rings. The standard InChI is InChI=1S/C21H32N6O2/c1-2-9-26(10-3-1)11-4-5-13-28-19-8-6-7-18(15-19)16-27-12-14-29-20(17-27)21-22-24-25-23-21/h6-8,15,20H,1-5,9-14,16-17H2,(H,22,23,24,25). The fourth-order valence-electron chi connectivity index (χ4n) is 4.11. The lowest BCUT2D eigenvalue weighted by molar-refractivity contribution is -0.0372. The van der Waals surface area contributed by atoms with Gasteiger partial charge >= 0.3 is 0 Å². The second kappa shape index (κ2) is 10.7. The molecule has 2 fully saturated rings. The Balaban J connectivity index is 1.19. The summed E-state index contributed by atoms with van der Waals surface area (Å²) >= 11 is 0. The summed E-state index contributed by atoms with van der Waals surface area (Å²) in [5, 5.41) is 14.2. The fourth-order valence-corrected chi connectivity index (χ4v) is 4.11. The summed E-state index contributed by atoms with van der Waals surface area (Å²) in [6.07, 6.45) is 6.33. The van der Waals surface area contributed by atoms with Crippen LogP contribution in [0.5, 0.6) is 5.75 Å². The molecule has 1 atom stereocenters. The van der Waals surface area contributed by atoms with Crippen molar-refractivity contribution in [3.05, 3.63) is 35.7 Å². The van der Waals surface area contributed by atoms with Crippen LogP contribution < -0.4 is 4.74 Å². The number of aromatic amines is 1. The highest BCUT2D eigenvalue weighted by Crippen LogP contribution is 2.21. The zero-order chi connectivity index (χ0) is 19.7. The highest BCUT2D eigenvalue weighted by Gasteiger charge is 2.25. The number of likely N-dealkylation sites (tertiary alicyclic amines) is 1. The van der Waals surface area contributed by atoms with Crippen molar-refractivity contribution in [2.24, 2.45) is 0 Å². The molecule has 8 nitrogen and oxygen atoms in total. The maximum absolute atomic E-state index is 6.01. The Morgan fingerprint density at radius 2 is 2.03 bits per heavy atom. The largest absolute Gasteiger partial charge is 0.494 e. The van der Waals surface area contributed by atoms with Crippen LogP contribution in [0.2, 0.25) is 0 Å². The number of benzene rings is 1. The lowest BCUT2D eigenvalue weighted by atomic mass is 10.1. The third kappa shape index (κ3) is 6.22. The van der Waals surface area contributed by atoms with Crippen LogP contribution >= 0.6 is 0 Å². The monoisotopic (exact) mass is 400 g/mol. The van der Waals surface area contributed by atoms with Crippen molar-refractivity contribution in [1.29, 1.82) is 0 Å². The van der Waals surface area contributed by atoms with Crippen molar-refractivity contribution in [2.75, 3.05) is 45.9 Å². The van der Waals surface area contributed by atoms with Crippen LogP contribution in [0.3, 0.4) is 0 Å². The van der Waals surface area contributed by atoms with E-state index in [2.05, 4.69) is 54.7 Å². The number of rotatable bonds is 9. The number of unbranched alkanes of at least 4 members (excludes halogenated alkanes) is 1. The topological polar surface area (TPSA) is 79.4 Å². The maximum atomic E-state index is 6.01. The Morgan fingerprint density at radius 3 is 2.90 bits per heavy atom. The summed E-state index contributed by atoms with van der Waals surface area (Å²) < 4.78 is 11.8. The van der Waals surface area contributed by atoms with Gasteiger partial charge in [0.15, 0.2) is 0 Å². The molecule has 1 N–H and O–H groups in total. The van der Waals surface area contributed by atoms with Gasteiger partial charge in [0.2, 0.25) is 5.82 Å². The maximum Gasteiger partial charge on any atom is 0.204 e. The Kier molecular flexibility index (Phi) is 7.45. The summed E-state index contributed by atoms with van der Waals surface area (Å²) in [5.41, 5.74) is 1.25. The Bertz CT molecular complexity index is 720. The van der Waals surface area contributed by atoms with Crippen LogP contribution in [0.4, 0.5) is 0 Å². The summed E-state index contributed by atoms with van der Waals surface area (Å²) in [4.78, 5) is 4.95. The molecule has 0 spiro atoms. The molecule has 0 bridgehead atoms. The van der Waals surface area contributed by atoms with Crippen LogP contribution in [0, 0.1) is 0 Å². The van der Waals surface area contributed by atoms with Crippen molar-refractivity contribution in [1.82, 2.24) is 30.4 Å². The third-order valence-corrected chi connectivity index (χ3v) is 5.69. The second-order valence-electron chi connectivity index (χ2n) is 7.97. The van der Waals surface area contributed by atoms with Crippen LogP contribution in [0.1, 0.15) is 49.6 Å². The van der Waals surface area contributed by atoms with E-state index in [9.17, 15) is 0 Å². The molecule has 3 heterocycles. The van der Waals surface area contributed by atoms with Crippen LogP contribution in [-0.2, 0) is 11.3 Å². The number of hydrogen-bond acceptors (Lipinski definition) is 7. The van der Waals surface area contributed by atoms with E-state index in [0.717, 1.165) is 38.4 Å². The summed E-state index contributed by atoms with van der Waals surface area (Å²) in [6, 6.07) is 8.44.